The van der Waals surface area contributed by atoms with Gasteiger partial charge in [-0.05, 0) is 30.7 Å². The summed E-state index contributed by atoms with van der Waals surface area (Å²) in [6.07, 6.45) is 0. The number of benzene rings is 1. The minimum atomic E-state index is -0.414. The zero-order valence-corrected chi connectivity index (χ0v) is 14.6. The van der Waals surface area contributed by atoms with Crippen molar-refractivity contribution in [1.82, 2.24) is 9.97 Å². The van der Waals surface area contributed by atoms with Crippen molar-refractivity contribution < 1.29 is 14.3 Å². The molecule has 0 amide bonds. The zero-order valence-electron chi connectivity index (χ0n) is 13.0. The first kappa shape index (κ1) is 16.5. The molecule has 24 heavy (non-hydrogen) atoms. The highest BCUT2D eigenvalue weighted by molar-refractivity contribution is 7.17. The number of hydrogen-bond donors (Lipinski definition) is 1. The number of thiophene rings is 1. The molecule has 0 aliphatic carbocycles. The molecule has 0 aliphatic rings. The molecule has 124 valence electrons. The molecular weight excluding hydrogens is 350 g/mol. The van der Waals surface area contributed by atoms with E-state index < -0.39 is 5.97 Å². The standard InChI is InChI=1S/C16H14ClN3O3S/c1-3-23-15(21)11-8-24-14-12(11)13(19-16(17)20-14)18-9-5-4-6-10(7-9)22-2/h4-8H,3H2,1-2H3,(H,18,19,20). The maximum absolute atomic E-state index is 12.2. The van der Waals surface area contributed by atoms with E-state index in [2.05, 4.69) is 15.3 Å². The van der Waals surface area contributed by atoms with Gasteiger partial charge in [-0.3, -0.25) is 0 Å². The van der Waals surface area contributed by atoms with E-state index in [4.69, 9.17) is 21.1 Å². The number of halogens is 1. The van der Waals surface area contributed by atoms with Crippen molar-refractivity contribution in [1.29, 1.82) is 0 Å². The van der Waals surface area contributed by atoms with E-state index in [1.165, 1.54) is 11.3 Å². The van der Waals surface area contributed by atoms with E-state index in [-0.39, 0.29) is 5.28 Å². The Morgan fingerprint density at radius 2 is 2.21 bits per heavy atom. The summed E-state index contributed by atoms with van der Waals surface area (Å²) >= 11 is 7.32. The van der Waals surface area contributed by atoms with Crippen LogP contribution in [-0.4, -0.2) is 29.7 Å². The van der Waals surface area contributed by atoms with E-state index in [0.29, 0.717) is 34.0 Å². The fourth-order valence-electron chi connectivity index (χ4n) is 2.20. The quantitative estimate of drug-likeness (QED) is 0.539. The second-order valence-corrected chi connectivity index (χ2v) is 5.94. The predicted octanol–water partition coefficient (Wildman–Crippen LogP) is 4.27. The van der Waals surface area contributed by atoms with Gasteiger partial charge in [0.15, 0.2) is 0 Å². The van der Waals surface area contributed by atoms with E-state index in [9.17, 15) is 4.79 Å². The summed E-state index contributed by atoms with van der Waals surface area (Å²) in [5, 5.41) is 5.56. The van der Waals surface area contributed by atoms with Crippen LogP contribution < -0.4 is 10.1 Å². The number of esters is 1. The summed E-state index contributed by atoms with van der Waals surface area (Å²) in [6, 6.07) is 7.36. The Labute approximate surface area is 147 Å². The molecule has 0 bridgehead atoms. The molecular formula is C16H14ClN3O3S. The van der Waals surface area contributed by atoms with Crippen LogP contribution >= 0.6 is 22.9 Å². The van der Waals surface area contributed by atoms with Gasteiger partial charge in [0.05, 0.1) is 24.7 Å². The Hall–Kier alpha value is -2.38. The van der Waals surface area contributed by atoms with Gasteiger partial charge >= 0.3 is 5.97 Å². The number of anilines is 2. The molecule has 3 rings (SSSR count). The summed E-state index contributed by atoms with van der Waals surface area (Å²) in [5.74, 6) is 0.734. The monoisotopic (exact) mass is 363 g/mol. The summed E-state index contributed by atoms with van der Waals surface area (Å²) in [7, 11) is 1.59. The summed E-state index contributed by atoms with van der Waals surface area (Å²) < 4.78 is 10.3. The number of carbonyl (C=O) groups is 1. The second kappa shape index (κ2) is 7.02. The molecule has 0 fully saturated rings. The van der Waals surface area contributed by atoms with E-state index >= 15 is 0 Å². The molecule has 0 spiro atoms. The van der Waals surface area contributed by atoms with Gasteiger partial charge in [0.1, 0.15) is 16.4 Å². The Balaban J connectivity index is 2.08. The molecule has 1 aromatic carbocycles. The van der Waals surface area contributed by atoms with Crippen LogP contribution in [0.4, 0.5) is 11.5 Å². The molecule has 1 N–H and O–H groups in total. The summed E-state index contributed by atoms with van der Waals surface area (Å²) in [4.78, 5) is 21.2. The predicted molar refractivity (Wildman–Crippen MR) is 94.7 cm³/mol. The highest BCUT2D eigenvalue weighted by Gasteiger charge is 2.19. The molecule has 0 saturated heterocycles. The third kappa shape index (κ3) is 3.27. The fraction of sp³-hybridized carbons (Fsp3) is 0.188. The van der Waals surface area contributed by atoms with Crippen molar-refractivity contribution in [3.63, 3.8) is 0 Å². The maximum atomic E-state index is 12.2. The zero-order chi connectivity index (χ0) is 17.1. The molecule has 6 nitrogen and oxygen atoms in total. The third-order valence-corrected chi connectivity index (χ3v) is 4.28. The molecule has 0 radical (unpaired) electrons. The number of hydrogen-bond acceptors (Lipinski definition) is 7. The molecule has 0 unspecified atom stereocenters. The van der Waals surface area contributed by atoms with E-state index in [0.717, 1.165) is 5.69 Å². The van der Waals surface area contributed by atoms with Crippen molar-refractivity contribution in [3.05, 3.63) is 40.5 Å². The summed E-state index contributed by atoms with van der Waals surface area (Å²) in [5.41, 5.74) is 1.17. The maximum Gasteiger partial charge on any atom is 0.339 e. The van der Waals surface area contributed by atoms with Crippen LogP contribution in [0.15, 0.2) is 29.6 Å². The van der Waals surface area contributed by atoms with Gasteiger partial charge in [-0.2, -0.15) is 4.98 Å². The Bertz CT molecular complexity index is 897. The lowest BCUT2D eigenvalue weighted by molar-refractivity contribution is 0.0529. The van der Waals surface area contributed by atoms with Gasteiger partial charge in [-0.15, -0.1) is 11.3 Å². The third-order valence-electron chi connectivity index (χ3n) is 3.23. The number of fused-ring (bicyclic) bond motifs is 1. The van der Waals surface area contributed by atoms with Crippen molar-refractivity contribution in [3.8, 4) is 5.75 Å². The first-order valence-electron chi connectivity index (χ1n) is 7.15. The first-order chi connectivity index (χ1) is 11.6. The van der Waals surface area contributed by atoms with Gasteiger partial charge in [-0.1, -0.05) is 6.07 Å². The number of nitrogens with zero attached hydrogens (tertiary/aromatic N) is 2. The molecule has 8 heteroatoms. The highest BCUT2D eigenvalue weighted by atomic mass is 35.5. The lowest BCUT2D eigenvalue weighted by Gasteiger charge is -2.10. The first-order valence-corrected chi connectivity index (χ1v) is 8.41. The topological polar surface area (TPSA) is 73.3 Å². The molecule has 2 aromatic heterocycles. The SMILES string of the molecule is CCOC(=O)c1csc2nc(Cl)nc(Nc3cccc(OC)c3)c12. The Morgan fingerprint density at radius 1 is 1.38 bits per heavy atom. The number of methoxy groups -OCH3 is 1. The van der Waals surface area contributed by atoms with Gasteiger partial charge in [-0.25, -0.2) is 9.78 Å². The minimum absolute atomic E-state index is 0.102. The van der Waals surface area contributed by atoms with Crippen LogP contribution in [0.5, 0.6) is 5.75 Å². The van der Waals surface area contributed by atoms with Gasteiger partial charge in [0.2, 0.25) is 5.28 Å². The van der Waals surface area contributed by atoms with E-state index in [1.807, 2.05) is 24.3 Å². The normalized spacial score (nSPS) is 10.6. The fourth-order valence-corrected chi connectivity index (χ4v) is 3.33. The number of aromatic nitrogens is 2. The largest absolute Gasteiger partial charge is 0.497 e. The number of ether oxygens (including phenoxy) is 2. The smallest absolute Gasteiger partial charge is 0.339 e. The Kier molecular flexibility index (Phi) is 4.82. The second-order valence-electron chi connectivity index (χ2n) is 4.75. The minimum Gasteiger partial charge on any atom is -0.497 e. The molecule has 0 saturated carbocycles. The van der Waals surface area contributed by atoms with Crippen molar-refractivity contribution in [2.45, 2.75) is 6.92 Å². The van der Waals surface area contributed by atoms with E-state index in [1.54, 1.807) is 19.4 Å². The molecule has 2 heterocycles. The molecule has 0 aliphatic heterocycles. The molecule has 3 aromatic rings. The van der Waals surface area contributed by atoms with Crippen molar-refractivity contribution in [2.75, 3.05) is 19.0 Å². The van der Waals surface area contributed by atoms with Gasteiger partial charge < -0.3 is 14.8 Å². The van der Waals surface area contributed by atoms with Crippen LogP contribution in [0.25, 0.3) is 10.2 Å². The van der Waals surface area contributed by atoms with Gasteiger partial charge in [0.25, 0.3) is 0 Å². The number of nitrogens with one attached hydrogen (secondary N) is 1. The van der Waals surface area contributed by atoms with Crippen molar-refractivity contribution in [2.24, 2.45) is 0 Å². The van der Waals surface area contributed by atoms with Crippen LogP contribution in [0.2, 0.25) is 5.28 Å². The molecule has 0 atom stereocenters. The lowest BCUT2D eigenvalue weighted by atomic mass is 10.2. The van der Waals surface area contributed by atoms with Crippen LogP contribution in [-0.2, 0) is 4.74 Å². The average Bonchev–Trinajstić information content (AvgIpc) is 2.99. The highest BCUT2D eigenvalue weighted by Crippen LogP contribution is 2.33. The average molecular weight is 364 g/mol. The van der Waals surface area contributed by atoms with Crippen LogP contribution in [0.1, 0.15) is 17.3 Å². The number of carbonyl (C=O) groups excluding carboxylic acids is 1. The lowest BCUT2D eigenvalue weighted by Crippen LogP contribution is -2.05. The van der Waals surface area contributed by atoms with Gasteiger partial charge in [0, 0.05) is 17.1 Å². The van der Waals surface area contributed by atoms with Crippen LogP contribution in [0, 0.1) is 0 Å². The number of rotatable bonds is 5. The van der Waals surface area contributed by atoms with Crippen molar-refractivity contribution >= 4 is 50.6 Å². The summed E-state index contributed by atoms with van der Waals surface area (Å²) in [6.45, 7) is 2.05. The Morgan fingerprint density at radius 3 is 2.96 bits per heavy atom. The van der Waals surface area contributed by atoms with Crippen LogP contribution in [0.3, 0.4) is 0 Å².